The minimum absolute atomic E-state index is 0.0631. The minimum Gasteiger partial charge on any atom is -0.494 e. The van der Waals surface area contributed by atoms with Crippen molar-refractivity contribution in [1.29, 1.82) is 0 Å². The van der Waals surface area contributed by atoms with Crippen LogP contribution < -0.4 is 4.74 Å². The summed E-state index contributed by atoms with van der Waals surface area (Å²) in [7, 11) is 0. The lowest BCUT2D eigenvalue weighted by molar-refractivity contribution is -0.141. The van der Waals surface area contributed by atoms with Crippen molar-refractivity contribution in [2.24, 2.45) is 5.92 Å². The first kappa shape index (κ1) is 15.8. The largest absolute Gasteiger partial charge is 0.494 e. The van der Waals surface area contributed by atoms with Gasteiger partial charge in [0.15, 0.2) is 0 Å². The molecule has 124 valence electrons. The van der Waals surface area contributed by atoms with E-state index in [-0.39, 0.29) is 11.9 Å². The van der Waals surface area contributed by atoms with Gasteiger partial charge in [-0.15, -0.1) is 0 Å². The van der Waals surface area contributed by atoms with E-state index in [2.05, 4.69) is 0 Å². The Morgan fingerprint density at radius 2 is 2.09 bits per heavy atom. The summed E-state index contributed by atoms with van der Waals surface area (Å²) in [6, 6.07) is 6.39. The second-order valence-electron chi connectivity index (χ2n) is 6.37. The number of rotatable bonds is 4. The highest BCUT2D eigenvalue weighted by Gasteiger charge is 2.47. The van der Waals surface area contributed by atoms with Gasteiger partial charge in [-0.1, -0.05) is 18.9 Å². The Labute approximate surface area is 136 Å². The van der Waals surface area contributed by atoms with Gasteiger partial charge in [0.2, 0.25) is 0 Å². The van der Waals surface area contributed by atoms with Crippen LogP contribution in [0, 0.1) is 5.92 Å². The van der Waals surface area contributed by atoms with Crippen LogP contribution in [-0.2, 0) is 4.79 Å². The van der Waals surface area contributed by atoms with E-state index in [1.165, 1.54) is 0 Å². The molecule has 0 radical (unpaired) electrons. The molecule has 1 amide bonds. The Morgan fingerprint density at radius 1 is 1.30 bits per heavy atom. The minimum atomic E-state index is -0.895. The van der Waals surface area contributed by atoms with Crippen molar-refractivity contribution in [2.75, 3.05) is 6.61 Å². The van der Waals surface area contributed by atoms with Crippen molar-refractivity contribution in [1.82, 2.24) is 4.90 Å². The fourth-order valence-electron chi connectivity index (χ4n) is 4.01. The van der Waals surface area contributed by atoms with E-state index in [4.69, 9.17) is 4.74 Å². The number of aliphatic carboxylic acids is 1. The second-order valence-corrected chi connectivity index (χ2v) is 6.37. The van der Waals surface area contributed by atoms with Gasteiger partial charge in [0, 0.05) is 11.6 Å². The highest BCUT2D eigenvalue weighted by molar-refractivity contribution is 5.97. The molecular formula is C18H23NO4. The molecule has 5 heteroatoms. The molecular weight excluding hydrogens is 294 g/mol. The van der Waals surface area contributed by atoms with Crippen LogP contribution in [0.3, 0.4) is 0 Å². The van der Waals surface area contributed by atoms with Gasteiger partial charge in [0.25, 0.3) is 5.91 Å². The summed E-state index contributed by atoms with van der Waals surface area (Å²) >= 11 is 0. The van der Waals surface area contributed by atoms with Gasteiger partial charge in [-0.05, 0) is 50.3 Å². The van der Waals surface area contributed by atoms with Crippen LogP contribution in [-0.4, -0.2) is 40.6 Å². The van der Waals surface area contributed by atoms with Crippen molar-refractivity contribution in [3.05, 3.63) is 29.8 Å². The number of benzene rings is 1. The molecule has 1 aliphatic carbocycles. The maximum atomic E-state index is 13.0. The van der Waals surface area contributed by atoms with E-state index in [9.17, 15) is 14.7 Å². The lowest BCUT2D eigenvalue weighted by Gasteiger charge is -2.33. The standard InChI is InChI=1S/C18H23NO4/c1-2-23-14-8-5-7-13(10-14)17(20)19-15-9-4-3-6-12(15)11-16(19)18(21)22/h5,7-8,10,12,15-16H,2-4,6,9,11H2,1H3,(H,21,22). The number of nitrogens with zero attached hydrogens (tertiary/aromatic N) is 1. The molecule has 3 atom stereocenters. The molecule has 1 heterocycles. The third-order valence-electron chi connectivity index (χ3n) is 5.00. The van der Waals surface area contributed by atoms with E-state index in [0.717, 1.165) is 25.7 Å². The number of hydrogen-bond acceptors (Lipinski definition) is 3. The predicted octanol–water partition coefficient (Wildman–Crippen LogP) is 2.94. The molecule has 0 bridgehead atoms. The summed E-state index contributed by atoms with van der Waals surface area (Å²) in [5, 5.41) is 9.55. The van der Waals surface area contributed by atoms with E-state index in [1.807, 2.05) is 13.0 Å². The smallest absolute Gasteiger partial charge is 0.326 e. The van der Waals surface area contributed by atoms with E-state index >= 15 is 0 Å². The number of carbonyl (C=O) groups excluding carboxylic acids is 1. The molecule has 1 aromatic rings. The molecule has 0 aromatic heterocycles. The number of hydrogen-bond donors (Lipinski definition) is 1. The number of carboxylic acid groups (broad SMARTS) is 1. The zero-order valence-corrected chi connectivity index (χ0v) is 13.4. The molecule has 1 N–H and O–H groups in total. The fraction of sp³-hybridized carbons (Fsp3) is 0.556. The zero-order chi connectivity index (χ0) is 16.4. The van der Waals surface area contributed by atoms with Gasteiger partial charge in [0.05, 0.1) is 6.61 Å². The number of carboxylic acids is 1. The average Bonchev–Trinajstić information content (AvgIpc) is 2.94. The van der Waals surface area contributed by atoms with Gasteiger partial charge in [-0.3, -0.25) is 4.79 Å². The number of carbonyl (C=O) groups is 2. The maximum Gasteiger partial charge on any atom is 0.326 e. The highest BCUT2D eigenvalue weighted by Crippen LogP contribution is 2.40. The van der Waals surface area contributed by atoms with Crippen molar-refractivity contribution in [3.8, 4) is 5.75 Å². The van der Waals surface area contributed by atoms with E-state index in [0.29, 0.717) is 30.3 Å². The van der Waals surface area contributed by atoms with Gasteiger partial charge >= 0.3 is 5.97 Å². The third-order valence-corrected chi connectivity index (χ3v) is 5.00. The van der Waals surface area contributed by atoms with Crippen LogP contribution in [0.25, 0.3) is 0 Å². The SMILES string of the molecule is CCOc1cccc(C(=O)N2C(C(=O)O)CC3CCCCC32)c1. The molecule has 5 nitrogen and oxygen atoms in total. The predicted molar refractivity (Wildman–Crippen MR) is 85.6 cm³/mol. The first-order valence-electron chi connectivity index (χ1n) is 8.40. The Bertz CT molecular complexity index is 600. The number of likely N-dealkylation sites (tertiary alicyclic amines) is 1. The lowest BCUT2D eigenvalue weighted by atomic mass is 9.84. The van der Waals surface area contributed by atoms with Gasteiger partial charge in [-0.2, -0.15) is 0 Å². The number of amides is 1. The summed E-state index contributed by atoms with van der Waals surface area (Å²) in [6.07, 6.45) is 4.71. The topological polar surface area (TPSA) is 66.8 Å². The summed E-state index contributed by atoms with van der Waals surface area (Å²) in [5.41, 5.74) is 0.508. The van der Waals surface area contributed by atoms with Crippen LogP contribution in [0.5, 0.6) is 5.75 Å². The highest BCUT2D eigenvalue weighted by atomic mass is 16.5. The molecule has 1 saturated carbocycles. The zero-order valence-electron chi connectivity index (χ0n) is 13.4. The number of ether oxygens (including phenoxy) is 1. The summed E-state index contributed by atoms with van der Waals surface area (Å²) in [6.45, 7) is 2.42. The van der Waals surface area contributed by atoms with Crippen LogP contribution in [0.2, 0.25) is 0 Å². The molecule has 2 fully saturated rings. The molecule has 1 aromatic carbocycles. The Balaban J connectivity index is 1.89. The molecule has 1 aliphatic heterocycles. The van der Waals surface area contributed by atoms with Crippen LogP contribution in [0.1, 0.15) is 49.4 Å². The quantitative estimate of drug-likeness (QED) is 0.927. The first-order chi connectivity index (χ1) is 11.1. The Morgan fingerprint density at radius 3 is 2.83 bits per heavy atom. The van der Waals surface area contributed by atoms with E-state index in [1.54, 1.807) is 23.1 Å². The summed E-state index contributed by atoms with van der Waals surface area (Å²) < 4.78 is 5.45. The lowest BCUT2D eigenvalue weighted by Crippen LogP contribution is -2.46. The summed E-state index contributed by atoms with van der Waals surface area (Å²) in [4.78, 5) is 26.2. The van der Waals surface area contributed by atoms with Crippen molar-refractivity contribution < 1.29 is 19.4 Å². The van der Waals surface area contributed by atoms with Crippen molar-refractivity contribution >= 4 is 11.9 Å². The first-order valence-corrected chi connectivity index (χ1v) is 8.40. The van der Waals surface area contributed by atoms with E-state index < -0.39 is 12.0 Å². The molecule has 1 saturated heterocycles. The van der Waals surface area contributed by atoms with Crippen molar-refractivity contribution in [3.63, 3.8) is 0 Å². The van der Waals surface area contributed by atoms with Crippen LogP contribution in [0.15, 0.2) is 24.3 Å². The van der Waals surface area contributed by atoms with Crippen LogP contribution >= 0.6 is 0 Å². The third kappa shape index (κ3) is 3.05. The molecule has 23 heavy (non-hydrogen) atoms. The number of fused-ring (bicyclic) bond motifs is 1. The van der Waals surface area contributed by atoms with Gasteiger partial charge in [-0.25, -0.2) is 4.79 Å². The second kappa shape index (κ2) is 6.60. The fourth-order valence-corrected chi connectivity index (χ4v) is 4.01. The monoisotopic (exact) mass is 317 g/mol. The molecule has 3 rings (SSSR count). The molecule has 2 aliphatic rings. The van der Waals surface area contributed by atoms with Crippen LogP contribution in [0.4, 0.5) is 0 Å². The van der Waals surface area contributed by atoms with Gasteiger partial charge < -0.3 is 14.7 Å². The normalized spacial score (nSPS) is 26.7. The summed E-state index contributed by atoms with van der Waals surface area (Å²) in [5.74, 6) is -0.115. The van der Waals surface area contributed by atoms with Crippen molar-refractivity contribution in [2.45, 2.75) is 51.1 Å². The Hall–Kier alpha value is -2.04. The maximum absolute atomic E-state index is 13.0. The Kier molecular flexibility index (Phi) is 4.55. The van der Waals surface area contributed by atoms with Gasteiger partial charge in [0.1, 0.15) is 11.8 Å². The average molecular weight is 317 g/mol. The molecule has 3 unspecified atom stereocenters. The molecule has 0 spiro atoms.